The minimum Gasteiger partial charge on any atom is -0.309 e. The first-order valence-electron chi connectivity index (χ1n) is 9.74. The highest BCUT2D eigenvalue weighted by Gasteiger charge is 2.29. The lowest BCUT2D eigenvalue weighted by molar-refractivity contribution is -0.117. The number of amides is 1. The van der Waals surface area contributed by atoms with Gasteiger partial charge in [0.25, 0.3) is 0 Å². The van der Waals surface area contributed by atoms with Crippen LogP contribution >= 0.6 is 0 Å². The molecule has 29 heavy (non-hydrogen) atoms. The van der Waals surface area contributed by atoms with Gasteiger partial charge in [-0.25, -0.2) is 13.1 Å². The predicted molar refractivity (Wildman–Crippen MR) is 112 cm³/mol. The van der Waals surface area contributed by atoms with E-state index in [2.05, 4.69) is 15.5 Å². The fraction of sp³-hybridized carbons (Fsp3) is 0.632. The maximum Gasteiger partial charge on any atom is 0.247 e. The van der Waals surface area contributed by atoms with Gasteiger partial charge in [0.1, 0.15) is 17.3 Å². The molecule has 2 aromatic rings. The third kappa shape index (κ3) is 4.69. The van der Waals surface area contributed by atoms with Crippen molar-refractivity contribution in [1.82, 2.24) is 23.9 Å². The molecule has 0 atom stereocenters. The number of rotatable bonds is 7. The Balaban J connectivity index is 2.30. The van der Waals surface area contributed by atoms with Crippen LogP contribution < -0.4 is 5.32 Å². The molecule has 1 N–H and O–H groups in total. The Morgan fingerprint density at radius 3 is 2.24 bits per heavy atom. The van der Waals surface area contributed by atoms with Gasteiger partial charge >= 0.3 is 0 Å². The Bertz CT molecular complexity index is 994. The average molecular weight is 425 g/mol. The second-order valence-electron chi connectivity index (χ2n) is 8.05. The SMILES string of the molecule is CCN(CC)S(=O)(=O)c1c(C)nn(CC(=O)Nc2cc(C)nn2C(C)(C)C)c1C. The van der Waals surface area contributed by atoms with E-state index in [1.54, 1.807) is 38.4 Å². The van der Waals surface area contributed by atoms with E-state index in [0.29, 0.717) is 30.3 Å². The first kappa shape index (κ1) is 23.1. The molecule has 2 aromatic heterocycles. The van der Waals surface area contributed by atoms with Crippen molar-refractivity contribution < 1.29 is 13.2 Å². The number of hydrogen-bond donors (Lipinski definition) is 1. The number of carbonyl (C=O) groups excluding carboxylic acids is 1. The first-order chi connectivity index (χ1) is 13.3. The van der Waals surface area contributed by atoms with E-state index in [9.17, 15) is 13.2 Å². The summed E-state index contributed by atoms with van der Waals surface area (Å²) in [5, 5.41) is 11.6. The van der Waals surface area contributed by atoms with Gasteiger partial charge in [-0.05, 0) is 41.5 Å². The van der Waals surface area contributed by atoms with Gasteiger partial charge in [-0.3, -0.25) is 9.48 Å². The molecule has 0 aromatic carbocycles. The van der Waals surface area contributed by atoms with Crippen LogP contribution in [0.1, 0.15) is 51.7 Å². The van der Waals surface area contributed by atoms with Gasteiger partial charge < -0.3 is 5.32 Å². The van der Waals surface area contributed by atoms with E-state index >= 15 is 0 Å². The number of sulfonamides is 1. The van der Waals surface area contributed by atoms with E-state index in [1.807, 2.05) is 27.7 Å². The van der Waals surface area contributed by atoms with Crippen molar-refractivity contribution in [1.29, 1.82) is 0 Å². The third-order valence-corrected chi connectivity index (χ3v) is 6.95. The molecule has 162 valence electrons. The molecular formula is C19H32N6O3S. The van der Waals surface area contributed by atoms with E-state index in [-0.39, 0.29) is 22.9 Å². The lowest BCUT2D eigenvalue weighted by atomic mass is 10.1. The molecule has 0 bridgehead atoms. The monoisotopic (exact) mass is 424 g/mol. The van der Waals surface area contributed by atoms with E-state index in [1.165, 1.54) is 8.99 Å². The minimum atomic E-state index is -3.65. The number of hydrogen-bond acceptors (Lipinski definition) is 5. The van der Waals surface area contributed by atoms with Crippen molar-refractivity contribution in [3.05, 3.63) is 23.1 Å². The molecule has 0 aliphatic heterocycles. The number of aryl methyl sites for hydroxylation is 2. The molecule has 0 fully saturated rings. The highest BCUT2D eigenvalue weighted by atomic mass is 32.2. The summed E-state index contributed by atoms with van der Waals surface area (Å²) in [5.74, 6) is 0.297. The molecule has 2 rings (SSSR count). The zero-order valence-electron chi connectivity index (χ0n) is 18.6. The molecule has 0 aliphatic rings. The van der Waals surface area contributed by atoms with Crippen molar-refractivity contribution >= 4 is 21.7 Å². The Morgan fingerprint density at radius 1 is 1.14 bits per heavy atom. The van der Waals surface area contributed by atoms with Crippen molar-refractivity contribution in [2.75, 3.05) is 18.4 Å². The smallest absolute Gasteiger partial charge is 0.247 e. The summed E-state index contributed by atoms with van der Waals surface area (Å²) in [6.07, 6.45) is 0. The standard InChI is InChI=1S/C19H32N6O3S/c1-9-23(10-2)29(27,28)18-14(4)22-24(15(18)5)12-17(26)20-16-11-13(3)21-25(16)19(6,7)8/h11H,9-10,12H2,1-8H3,(H,20,26). The summed E-state index contributed by atoms with van der Waals surface area (Å²) >= 11 is 0. The number of anilines is 1. The largest absolute Gasteiger partial charge is 0.309 e. The number of carbonyl (C=O) groups is 1. The van der Waals surface area contributed by atoms with Gasteiger partial charge in [-0.15, -0.1) is 0 Å². The highest BCUT2D eigenvalue weighted by molar-refractivity contribution is 7.89. The zero-order chi connectivity index (χ0) is 22.1. The number of nitrogens with zero attached hydrogens (tertiary/aromatic N) is 5. The summed E-state index contributed by atoms with van der Waals surface area (Å²) in [6, 6.07) is 1.81. The van der Waals surface area contributed by atoms with E-state index < -0.39 is 10.0 Å². The fourth-order valence-corrected chi connectivity index (χ4v) is 5.15. The molecule has 1 amide bonds. The Hall–Kier alpha value is -2.20. The van der Waals surface area contributed by atoms with E-state index in [4.69, 9.17) is 0 Å². The molecule has 2 heterocycles. The van der Waals surface area contributed by atoms with Crippen LogP contribution in [0.4, 0.5) is 5.82 Å². The van der Waals surface area contributed by atoms with Gasteiger partial charge in [0.05, 0.1) is 22.6 Å². The summed E-state index contributed by atoms with van der Waals surface area (Å²) in [4.78, 5) is 12.8. The summed E-state index contributed by atoms with van der Waals surface area (Å²) < 4.78 is 30.5. The maximum absolute atomic E-state index is 12.9. The first-order valence-corrected chi connectivity index (χ1v) is 11.2. The summed E-state index contributed by atoms with van der Waals surface area (Å²) in [7, 11) is -3.65. The number of aromatic nitrogens is 4. The lowest BCUT2D eigenvalue weighted by Crippen LogP contribution is -2.31. The second kappa shape index (κ2) is 8.27. The Kier molecular flexibility index (Phi) is 6.58. The van der Waals surface area contributed by atoms with Gasteiger partial charge in [-0.1, -0.05) is 13.8 Å². The van der Waals surface area contributed by atoms with Gasteiger partial charge in [0.2, 0.25) is 15.9 Å². The maximum atomic E-state index is 12.9. The molecular weight excluding hydrogens is 392 g/mol. The lowest BCUT2D eigenvalue weighted by Gasteiger charge is -2.22. The van der Waals surface area contributed by atoms with Crippen LogP contribution in [0.2, 0.25) is 0 Å². The van der Waals surface area contributed by atoms with Crippen molar-refractivity contribution in [2.45, 2.75) is 72.4 Å². The summed E-state index contributed by atoms with van der Waals surface area (Å²) in [5.41, 5.74) is 1.34. The van der Waals surface area contributed by atoms with Crippen LogP contribution in [0.25, 0.3) is 0 Å². The Labute approximate surface area is 173 Å². The highest BCUT2D eigenvalue weighted by Crippen LogP contribution is 2.24. The van der Waals surface area contributed by atoms with Crippen molar-refractivity contribution in [3.8, 4) is 0 Å². The molecule has 0 saturated heterocycles. The van der Waals surface area contributed by atoms with Gasteiger partial charge in [0.15, 0.2) is 0 Å². The minimum absolute atomic E-state index is 0.0885. The van der Waals surface area contributed by atoms with Gasteiger partial charge in [-0.2, -0.15) is 14.5 Å². The average Bonchev–Trinajstić information content (AvgIpc) is 3.07. The molecule has 10 heteroatoms. The zero-order valence-corrected chi connectivity index (χ0v) is 19.4. The van der Waals surface area contributed by atoms with Crippen molar-refractivity contribution in [3.63, 3.8) is 0 Å². The quantitative estimate of drug-likeness (QED) is 0.735. The van der Waals surface area contributed by atoms with Crippen molar-refractivity contribution in [2.24, 2.45) is 0 Å². The molecule has 9 nitrogen and oxygen atoms in total. The fourth-order valence-electron chi connectivity index (χ4n) is 3.32. The molecule has 0 radical (unpaired) electrons. The molecule has 0 saturated carbocycles. The van der Waals surface area contributed by atoms with Crippen LogP contribution in [-0.4, -0.2) is 51.3 Å². The third-order valence-electron chi connectivity index (χ3n) is 4.65. The Morgan fingerprint density at radius 2 is 1.72 bits per heavy atom. The van der Waals surface area contributed by atoms with E-state index in [0.717, 1.165) is 5.69 Å². The topological polar surface area (TPSA) is 102 Å². The van der Waals surface area contributed by atoms with Crippen LogP contribution in [0.3, 0.4) is 0 Å². The van der Waals surface area contributed by atoms with Crippen LogP contribution in [0, 0.1) is 20.8 Å². The van der Waals surface area contributed by atoms with Gasteiger partial charge in [0, 0.05) is 19.2 Å². The molecule has 0 aliphatic carbocycles. The normalized spacial score (nSPS) is 12.6. The summed E-state index contributed by atoms with van der Waals surface area (Å²) in [6.45, 7) is 15.4. The van der Waals surface area contributed by atoms with Crippen LogP contribution in [-0.2, 0) is 26.9 Å². The number of nitrogens with one attached hydrogen (secondary N) is 1. The predicted octanol–water partition coefficient (Wildman–Crippen LogP) is 2.43. The van der Waals surface area contributed by atoms with Crippen LogP contribution in [0.5, 0.6) is 0 Å². The second-order valence-corrected chi connectivity index (χ2v) is 9.92. The van der Waals surface area contributed by atoms with Crippen LogP contribution in [0.15, 0.2) is 11.0 Å². The molecule has 0 spiro atoms. The molecule has 0 unspecified atom stereocenters.